The highest BCUT2D eigenvalue weighted by atomic mass is 32.3. The summed E-state index contributed by atoms with van der Waals surface area (Å²) in [4.78, 5) is 0. The lowest BCUT2D eigenvalue weighted by molar-refractivity contribution is 0.392. The van der Waals surface area contributed by atoms with Crippen LogP contribution < -0.4 is 17.3 Å². The first kappa shape index (κ1) is 19.2. The first-order chi connectivity index (χ1) is 11.4. The van der Waals surface area contributed by atoms with Gasteiger partial charge in [0.1, 0.15) is 22.9 Å². The van der Waals surface area contributed by atoms with E-state index in [2.05, 4.69) is 0 Å². The van der Waals surface area contributed by atoms with Crippen LogP contribution in [0.25, 0.3) is 0 Å². The molecule has 0 saturated carbocycles. The van der Waals surface area contributed by atoms with Crippen molar-refractivity contribution in [1.82, 2.24) is 8.97 Å². The maximum absolute atomic E-state index is 12.1. The minimum absolute atomic E-state index is 0.208. The van der Waals surface area contributed by atoms with Crippen LogP contribution in [0.15, 0.2) is 48.5 Å². The minimum Gasteiger partial charge on any atom is -0.353 e. The smallest absolute Gasteiger partial charge is 0.353 e. The van der Waals surface area contributed by atoms with Crippen molar-refractivity contribution in [2.45, 2.75) is 0 Å². The summed E-state index contributed by atoms with van der Waals surface area (Å²) < 4.78 is 35.4. The Morgan fingerprint density at radius 3 is 1.12 bits per heavy atom. The molecule has 0 aliphatic heterocycles. The molecule has 0 aromatic heterocycles. The largest absolute Gasteiger partial charge is 0.500 e. The normalized spacial score (nSPS) is 12.7. The third kappa shape index (κ3) is 5.45. The van der Waals surface area contributed by atoms with Gasteiger partial charge in [0.05, 0.1) is 42.3 Å². The van der Waals surface area contributed by atoms with Crippen LogP contribution >= 0.6 is 0 Å². The second kappa shape index (κ2) is 6.67. The third-order valence-corrected chi connectivity index (χ3v) is 4.41. The molecule has 0 aliphatic carbocycles. The van der Waals surface area contributed by atoms with Crippen molar-refractivity contribution >= 4 is 21.8 Å². The molecule has 6 nitrogen and oxygen atoms in total. The Morgan fingerprint density at radius 2 is 0.880 bits per heavy atom. The van der Waals surface area contributed by atoms with Gasteiger partial charge in [-0.1, -0.05) is 0 Å². The number of rotatable bonds is 6. The molecule has 0 fully saturated rings. The quantitative estimate of drug-likeness (QED) is 0.738. The Kier molecular flexibility index (Phi) is 5.13. The molecule has 0 radical (unpaired) electrons. The SMILES string of the molecule is C[N+](C)(C)c1ccc(OS(=O)(=O)Oc2ccc([N+](C)(C)C)cc2)cc1. The van der Waals surface area contributed by atoms with Gasteiger partial charge in [-0.25, -0.2) is 0 Å². The monoisotopic (exact) mass is 366 g/mol. The summed E-state index contributed by atoms with van der Waals surface area (Å²) in [6.45, 7) is 0. The summed E-state index contributed by atoms with van der Waals surface area (Å²) in [7, 11) is 7.95. The van der Waals surface area contributed by atoms with E-state index in [0.29, 0.717) is 8.97 Å². The first-order valence-electron chi connectivity index (χ1n) is 7.85. The van der Waals surface area contributed by atoms with Crippen molar-refractivity contribution in [3.63, 3.8) is 0 Å². The van der Waals surface area contributed by atoms with E-state index < -0.39 is 10.4 Å². The molecule has 0 unspecified atom stereocenters. The minimum atomic E-state index is -4.19. The summed E-state index contributed by atoms with van der Waals surface area (Å²) in [5, 5.41) is 0. The van der Waals surface area contributed by atoms with Crippen molar-refractivity contribution in [3.05, 3.63) is 48.5 Å². The number of hydrogen-bond donors (Lipinski definition) is 0. The fourth-order valence-corrected chi connectivity index (χ4v) is 2.88. The maximum Gasteiger partial charge on any atom is 0.500 e. The van der Waals surface area contributed by atoms with Gasteiger partial charge in [0, 0.05) is 24.3 Å². The molecular formula is C18H26N2O4S+2. The van der Waals surface area contributed by atoms with Crippen LogP contribution in [0.2, 0.25) is 0 Å². The van der Waals surface area contributed by atoms with Crippen LogP contribution in [0.3, 0.4) is 0 Å². The Balaban J connectivity index is 2.09. The molecular weight excluding hydrogens is 340 g/mol. The molecule has 25 heavy (non-hydrogen) atoms. The molecule has 0 amide bonds. The van der Waals surface area contributed by atoms with Crippen LogP contribution in [0, 0.1) is 0 Å². The molecule has 0 atom stereocenters. The van der Waals surface area contributed by atoms with Gasteiger partial charge in [-0.05, 0) is 24.3 Å². The number of hydrogen-bond acceptors (Lipinski definition) is 4. The fourth-order valence-electron chi connectivity index (χ4n) is 2.15. The van der Waals surface area contributed by atoms with E-state index in [0.717, 1.165) is 11.4 Å². The molecule has 2 aromatic carbocycles. The van der Waals surface area contributed by atoms with Crippen LogP contribution in [0.4, 0.5) is 11.4 Å². The first-order valence-corrected chi connectivity index (χ1v) is 9.18. The second-order valence-electron chi connectivity index (χ2n) is 7.59. The molecule has 136 valence electrons. The number of nitrogens with zero attached hydrogens (tertiary/aromatic N) is 2. The van der Waals surface area contributed by atoms with E-state index in [4.69, 9.17) is 8.37 Å². The average molecular weight is 366 g/mol. The average Bonchev–Trinajstić information content (AvgIpc) is 2.45. The molecule has 0 saturated heterocycles. The van der Waals surface area contributed by atoms with Gasteiger partial charge >= 0.3 is 10.4 Å². The highest BCUT2D eigenvalue weighted by molar-refractivity contribution is 7.82. The Labute approximate surface area is 150 Å². The third-order valence-electron chi connectivity index (χ3n) is 3.62. The van der Waals surface area contributed by atoms with E-state index >= 15 is 0 Å². The van der Waals surface area contributed by atoms with E-state index in [1.165, 1.54) is 0 Å². The zero-order chi connectivity index (χ0) is 18.9. The van der Waals surface area contributed by atoms with Crippen LogP contribution in [0.5, 0.6) is 11.5 Å². The Bertz CT molecular complexity index is 750. The zero-order valence-corrected chi connectivity index (χ0v) is 16.4. The van der Waals surface area contributed by atoms with Gasteiger partial charge in [0.2, 0.25) is 0 Å². The van der Waals surface area contributed by atoms with Gasteiger partial charge in [-0.15, -0.1) is 8.42 Å². The maximum atomic E-state index is 12.1. The van der Waals surface area contributed by atoms with Gasteiger partial charge < -0.3 is 8.37 Å². The molecule has 0 heterocycles. The van der Waals surface area contributed by atoms with Gasteiger partial charge in [0.15, 0.2) is 0 Å². The van der Waals surface area contributed by atoms with E-state index in [-0.39, 0.29) is 11.5 Å². The van der Waals surface area contributed by atoms with Crippen LogP contribution in [-0.2, 0) is 10.4 Å². The summed E-state index contributed by atoms with van der Waals surface area (Å²) >= 11 is 0. The van der Waals surface area contributed by atoms with E-state index in [1.54, 1.807) is 24.3 Å². The highest BCUT2D eigenvalue weighted by Crippen LogP contribution is 2.25. The molecule has 0 N–H and O–H groups in total. The predicted molar refractivity (Wildman–Crippen MR) is 102 cm³/mol. The van der Waals surface area contributed by atoms with Crippen molar-refractivity contribution in [1.29, 1.82) is 0 Å². The lowest BCUT2D eigenvalue weighted by Crippen LogP contribution is -2.34. The van der Waals surface area contributed by atoms with Crippen LogP contribution in [0.1, 0.15) is 0 Å². The van der Waals surface area contributed by atoms with Crippen LogP contribution in [-0.4, -0.2) is 50.7 Å². The van der Waals surface area contributed by atoms with E-state index in [9.17, 15) is 8.42 Å². The summed E-state index contributed by atoms with van der Waals surface area (Å²) in [6.07, 6.45) is 0. The molecule has 7 heteroatoms. The summed E-state index contributed by atoms with van der Waals surface area (Å²) in [5.74, 6) is 0.417. The Morgan fingerprint density at radius 1 is 0.600 bits per heavy atom. The highest BCUT2D eigenvalue weighted by Gasteiger charge is 2.19. The summed E-state index contributed by atoms with van der Waals surface area (Å²) in [5.41, 5.74) is 2.06. The fraction of sp³-hybridized carbons (Fsp3) is 0.333. The molecule has 0 aliphatic rings. The molecule has 2 aromatic rings. The standard InChI is InChI=1S/C18H26N2O4S/c1-19(2,3)15-7-11-17(12-8-15)23-25(21,22)24-18-13-9-16(10-14-18)20(4,5)6/h7-14H,1-6H3/q+2. The van der Waals surface area contributed by atoms with Crippen molar-refractivity contribution in [2.24, 2.45) is 0 Å². The zero-order valence-electron chi connectivity index (χ0n) is 15.6. The van der Waals surface area contributed by atoms with Crippen molar-refractivity contribution < 1.29 is 16.8 Å². The lowest BCUT2D eigenvalue weighted by atomic mass is 10.2. The van der Waals surface area contributed by atoms with Gasteiger partial charge in [0.25, 0.3) is 0 Å². The predicted octanol–water partition coefficient (Wildman–Crippen LogP) is 2.78. The van der Waals surface area contributed by atoms with Crippen molar-refractivity contribution in [2.75, 3.05) is 42.3 Å². The van der Waals surface area contributed by atoms with Gasteiger partial charge in [-0.2, -0.15) is 0 Å². The second-order valence-corrected chi connectivity index (χ2v) is 8.74. The molecule has 2 rings (SSSR count). The summed E-state index contributed by atoms with van der Waals surface area (Å²) in [6, 6.07) is 13.7. The molecule has 0 bridgehead atoms. The Hall–Kier alpha value is -2.09. The lowest BCUT2D eigenvalue weighted by Gasteiger charge is -2.23. The molecule has 0 spiro atoms. The number of quaternary nitrogens is 2. The topological polar surface area (TPSA) is 52.6 Å². The van der Waals surface area contributed by atoms with Crippen molar-refractivity contribution in [3.8, 4) is 11.5 Å². The van der Waals surface area contributed by atoms with E-state index in [1.807, 2.05) is 66.6 Å². The van der Waals surface area contributed by atoms with Gasteiger partial charge in [-0.3, -0.25) is 8.97 Å². The number of benzene rings is 2.